The summed E-state index contributed by atoms with van der Waals surface area (Å²) in [6, 6.07) is 13.5. The van der Waals surface area contributed by atoms with Crippen LogP contribution in [-0.4, -0.2) is 35.2 Å². The molecular weight excluding hydrogens is 380 g/mol. The van der Waals surface area contributed by atoms with E-state index in [0.29, 0.717) is 31.6 Å². The second kappa shape index (κ2) is 8.67. The van der Waals surface area contributed by atoms with Gasteiger partial charge in [0, 0.05) is 30.8 Å². The van der Waals surface area contributed by atoms with Crippen molar-refractivity contribution < 1.29 is 14.4 Å². The molecule has 0 aromatic heterocycles. The zero-order valence-corrected chi connectivity index (χ0v) is 16.8. The SMILES string of the molecule is NCCCc1cccc(NCc2ccc3c(c2)C(=O)N(C2CCC(=O)NC2=O)C3)c1. The van der Waals surface area contributed by atoms with Gasteiger partial charge in [0.1, 0.15) is 6.04 Å². The molecule has 1 saturated heterocycles. The van der Waals surface area contributed by atoms with E-state index < -0.39 is 6.04 Å². The molecule has 0 aliphatic carbocycles. The number of nitrogens with one attached hydrogen (secondary N) is 2. The zero-order chi connectivity index (χ0) is 21.1. The minimum atomic E-state index is -0.583. The summed E-state index contributed by atoms with van der Waals surface area (Å²) < 4.78 is 0. The number of anilines is 1. The Morgan fingerprint density at radius 3 is 2.77 bits per heavy atom. The quantitative estimate of drug-likeness (QED) is 0.610. The molecule has 2 aromatic carbocycles. The highest BCUT2D eigenvalue weighted by Gasteiger charge is 2.39. The molecule has 0 bridgehead atoms. The number of amides is 3. The van der Waals surface area contributed by atoms with Gasteiger partial charge in [0.25, 0.3) is 5.91 Å². The number of benzene rings is 2. The van der Waals surface area contributed by atoms with Crippen LogP contribution in [0.15, 0.2) is 42.5 Å². The first-order valence-corrected chi connectivity index (χ1v) is 10.3. The van der Waals surface area contributed by atoms with Gasteiger partial charge >= 0.3 is 0 Å². The van der Waals surface area contributed by atoms with E-state index in [9.17, 15) is 14.4 Å². The van der Waals surface area contributed by atoms with Crippen molar-refractivity contribution in [3.05, 3.63) is 64.7 Å². The van der Waals surface area contributed by atoms with Crippen molar-refractivity contribution in [3.8, 4) is 0 Å². The normalized spacial score (nSPS) is 18.4. The third kappa shape index (κ3) is 4.21. The van der Waals surface area contributed by atoms with Crippen molar-refractivity contribution in [1.82, 2.24) is 10.2 Å². The van der Waals surface area contributed by atoms with Gasteiger partial charge in [-0.05, 0) is 60.7 Å². The van der Waals surface area contributed by atoms with E-state index in [1.807, 2.05) is 30.3 Å². The molecule has 7 nitrogen and oxygen atoms in total. The lowest BCUT2D eigenvalue weighted by atomic mass is 10.0. The first-order chi connectivity index (χ1) is 14.5. The number of rotatable bonds is 7. The van der Waals surface area contributed by atoms with E-state index in [0.717, 1.165) is 29.7 Å². The Morgan fingerprint density at radius 1 is 1.10 bits per heavy atom. The van der Waals surface area contributed by atoms with Crippen molar-refractivity contribution in [2.45, 2.75) is 44.8 Å². The Kier molecular flexibility index (Phi) is 5.81. The number of nitrogens with two attached hydrogens (primary N) is 1. The summed E-state index contributed by atoms with van der Waals surface area (Å²) >= 11 is 0. The lowest BCUT2D eigenvalue weighted by Crippen LogP contribution is -2.52. The van der Waals surface area contributed by atoms with Crippen molar-refractivity contribution in [1.29, 1.82) is 0 Å². The molecular formula is C23H26N4O3. The number of carbonyl (C=O) groups excluding carboxylic acids is 3. The number of imide groups is 1. The summed E-state index contributed by atoms with van der Waals surface area (Å²) in [6.45, 7) is 1.67. The zero-order valence-electron chi connectivity index (χ0n) is 16.8. The Balaban J connectivity index is 1.42. The molecule has 4 N–H and O–H groups in total. The third-order valence-electron chi connectivity index (χ3n) is 5.69. The van der Waals surface area contributed by atoms with E-state index in [1.165, 1.54) is 5.56 Å². The van der Waals surface area contributed by atoms with Gasteiger partial charge in [-0.2, -0.15) is 0 Å². The van der Waals surface area contributed by atoms with E-state index >= 15 is 0 Å². The second-order valence-electron chi connectivity index (χ2n) is 7.84. The predicted molar refractivity (Wildman–Crippen MR) is 114 cm³/mol. The molecule has 7 heteroatoms. The molecule has 1 unspecified atom stereocenters. The number of aryl methyl sites for hydroxylation is 1. The van der Waals surface area contributed by atoms with E-state index in [4.69, 9.17) is 5.73 Å². The topological polar surface area (TPSA) is 105 Å². The standard InChI is InChI=1S/C23H26N4O3/c24-10-2-4-15-3-1-5-18(11-15)25-13-16-6-7-17-14-27(23(30)19(17)12-16)20-8-9-21(28)26-22(20)29/h1,3,5-7,11-12,20,25H,2,4,8-10,13-14,24H2,(H,26,28,29). The van der Waals surface area contributed by atoms with E-state index in [-0.39, 0.29) is 24.1 Å². The van der Waals surface area contributed by atoms with Crippen LogP contribution >= 0.6 is 0 Å². The van der Waals surface area contributed by atoms with E-state index in [2.05, 4.69) is 22.8 Å². The van der Waals surface area contributed by atoms with Gasteiger partial charge in [-0.15, -0.1) is 0 Å². The van der Waals surface area contributed by atoms with Gasteiger partial charge in [-0.3, -0.25) is 19.7 Å². The van der Waals surface area contributed by atoms with Crippen LogP contribution in [0.4, 0.5) is 5.69 Å². The highest BCUT2D eigenvalue weighted by atomic mass is 16.2. The van der Waals surface area contributed by atoms with Crippen molar-refractivity contribution in [3.63, 3.8) is 0 Å². The number of hydrogen-bond acceptors (Lipinski definition) is 5. The monoisotopic (exact) mass is 406 g/mol. The number of hydrogen-bond donors (Lipinski definition) is 3. The molecule has 4 rings (SSSR count). The molecule has 0 radical (unpaired) electrons. The average Bonchev–Trinajstić information content (AvgIpc) is 3.07. The number of nitrogens with zero attached hydrogens (tertiary/aromatic N) is 1. The number of carbonyl (C=O) groups is 3. The summed E-state index contributed by atoms with van der Waals surface area (Å²) in [5.74, 6) is -0.810. The van der Waals surface area contributed by atoms with Crippen LogP contribution in [0, 0.1) is 0 Å². The Bertz CT molecular complexity index is 988. The van der Waals surface area contributed by atoms with Crippen molar-refractivity contribution >= 4 is 23.4 Å². The molecule has 0 saturated carbocycles. The molecule has 30 heavy (non-hydrogen) atoms. The molecule has 156 valence electrons. The van der Waals surface area contributed by atoms with Crippen LogP contribution in [0.3, 0.4) is 0 Å². The number of piperidine rings is 1. The van der Waals surface area contributed by atoms with Crippen LogP contribution in [0.25, 0.3) is 0 Å². The van der Waals surface area contributed by atoms with Crippen molar-refractivity contribution in [2.75, 3.05) is 11.9 Å². The molecule has 1 fully saturated rings. The Hall–Kier alpha value is -3.19. The van der Waals surface area contributed by atoms with Gasteiger partial charge < -0.3 is 16.0 Å². The van der Waals surface area contributed by atoms with Crippen molar-refractivity contribution in [2.24, 2.45) is 5.73 Å². The maximum absolute atomic E-state index is 12.9. The van der Waals surface area contributed by atoms with Gasteiger partial charge in [0.15, 0.2) is 0 Å². The molecule has 2 aromatic rings. The average molecular weight is 406 g/mol. The fourth-order valence-electron chi connectivity index (χ4n) is 4.06. The van der Waals surface area contributed by atoms with Crippen LogP contribution < -0.4 is 16.4 Å². The largest absolute Gasteiger partial charge is 0.381 e. The molecule has 2 aliphatic heterocycles. The minimum Gasteiger partial charge on any atom is -0.381 e. The van der Waals surface area contributed by atoms with Crippen LogP contribution in [0.5, 0.6) is 0 Å². The summed E-state index contributed by atoms with van der Waals surface area (Å²) in [4.78, 5) is 38.1. The van der Waals surface area contributed by atoms with Gasteiger partial charge in [-0.1, -0.05) is 24.3 Å². The highest BCUT2D eigenvalue weighted by Crippen LogP contribution is 2.28. The lowest BCUT2D eigenvalue weighted by molar-refractivity contribution is -0.136. The summed E-state index contributed by atoms with van der Waals surface area (Å²) in [6.07, 6.45) is 2.55. The minimum absolute atomic E-state index is 0.148. The Morgan fingerprint density at radius 2 is 1.97 bits per heavy atom. The molecule has 0 spiro atoms. The fourth-order valence-corrected chi connectivity index (χ4v) is 4.06. The maximum Gasteiger partial charge on any atom is 0.255 e. The molecule has 1 atom stereocenters. The molecule has 2 heterocycles. The predicted octanol–water partition coefficient (Wildman–Crippen LogP) is 1.95. The first kappa shape index (κ1) is 20.1. The summed E-state index contributed by atoms with van der Waals surface area (Å²) in [5.41, 5.74) is 10.4. The van der Waals surface area contributed by atoms with E-state index in [1.54, 1.807) is 4.90 Å². The van der Waals surface area contributed by atoms with Gasteiger partial charge in [0.05, 0.1) is 0 Å². The van der Waals surface area contributed by atoms with Gasteiger partial charge in [-0.25, -0.2) is 0 Å². The maximum atomic E-state index is 12.9. The lowest BCUT2D eigenvalue weighted by Gasteiger charge is -2.29. The van der Waals surface area contributed by atoms with Crippen LogP contribution in [-0.2, 0) is 29.1 Å². The fraction of sp³-hybridized carbons (Fsp3) is 0.348. The summed E-state index contributed by atoms with van der Waals surface area (Å²) in [7, 11) is 0. The molecule has 2 aliphatic rings. The highest BCUT2D eigenvalue weighted by molar-refractivity contribution is 6.05. The first-order valence-electron chi connectivity index (χ1n) is 10.3. The second-order valence-corrected chi connectivity index (χ2v) is 7.84. The van der Waals surface area contributed by atoms with Crippen LogP contribution in [0.2, 0.25) is 0 Å². The van der Waals surface area contributed by atoms with Crippen LogP contribution in [0.1, 0.15) is 46.3 Å². The summed E-state index contributed by atoms with van der Waals surface area (Å²) in [5, 5.41) is 5.74. The molecule has 3 amide bonds. The van der Waals surface area contributed by atoms with Gasteiger partial charge in [0.2, 0.25) is 11.8 Å². The third-order valence-corrected chi connectivity index (χ3v) is 5.69. The number of fused-ring (bicyclic) bond motifs is 1. The smallest absolute Gasteiger partial charge is 0.255 e. The Labute approximate surface area is 175 Å².